The second-order valence-corrected chi connectivity index (χ2v) is 7.00. The van der Waals surface area contributed by atoms with E-state index >= 15 is 0 Å². The number of fused-ring (bicyclic) bond motifs is 1. The van der Waals surface area contributed by atoms with Crippen molar-refractivity contribution >= 4 is 11.9 Å². The van der Waals surface area contributed by atoms with E-state index in [2.05, 4.69) is 26.9 Å². The summed E-state index contributed by atoms with van der Waals surface area (Å²) >= 11 is 0. The van der Waals surface area contributed by atoms with Crippen molar-refractivity contribution in [2.75, 3.05) is 0 Å². The van der Waals surface area contributed by atoms with E-state index in [0.29, 0.717) is 11.3 Å². The molecule has 3 aromatic rings. The molecule has 0 saturated carbocycles. The number of carbonyl (C=O) groups excluding carboxylic acids is 2. The number of hydrogen-bond acceptors (Lipinski definition) is 6. The minimum Gasteiger partial charge on any atom is -0.449 e. The van der Waals surface area contributed by atoms with Crippen LogP contribution in [0.5, 0.6) is 0 Å². The number of esters is 1. The Hall–Kier alpha value is -3.55. The standard InChI is InChI=1S/C21H21N5O3/c1-14(20(27)23-19-11-5-7-15-6-2-3-10-18(15)19)29-21(28)16-8-4-9-17(12-16)26-13-22-24-25-26/h2-4,6,8-10,12-14,19H,5,7,11H2,1H3,(H,23,27)/t14-,19-/m1/s1. The molecule has 0 unspecified atom stereocenters. The van der Waals surface area contributed by atoms with Crippen molar-refractivity contribution in [1.29, 1.82) is 0 Å². The van der Waals surface area contributed by atoms with E-state index in [1.807, 2.05) is 18.2 Å². The van der Waals surface area contributed by atoms with Crippen molar-refractivity contribution in [3.63, 3.8) is 0 Å². The van der Waals surface area contributed by atoms with Crippen LogP contribution in [-0.4, -0.2) is 38.2 Å². The highest BCUT2D eigenvalue weighted by atomic mass is 16.5. The van der Waals surface area contributed by atoms with E-state index in [0.717, 1.165) is 24.8 Å². The van der Waals surface area contributed by atoms with Gasteiger partial charge in [-0.15, -0.1) is 5.10 Å². The molecule has 8 heteroatoms. The second-order valence-electron chi connectivity index (χ2n) is 7.00. The van der Waals surface area contributed by atoms with Gasteiger partial charge in [-0.1, -0.05) is 30.3 Å². The van der Waals surface area contributed by atoms with Crippen LogP contribution in [0.3, 0.4) is 0 Å². The van der Waals surface area contributed by atoms with Crippen LogP contribution in [0.1, 0.15) is 47.3 Å². The van der Waals surface area contributed by atoms with Crippen LogP contribution < -0.4 is 5.32 Å². The van der Waals surface area contributed by atoms with Crippen LogP contribution >= 0.6 is 0 Å². The molecule has 1 N–H and O–H groups in total. The van der Waals surface area contributed by atoms with Crippen LogP contribution in [-0.2, 0) is 16.0 Å². The maximum atomic E-state index is 12.6. The van der Waals surface area contributed by atoms with Crippen molar-refractivity contribution < 1.29 is 14.3 Å². The number of rotatable bonds is 5. The zero-order chi connectivity index (χ0) is 20.2. The van der Waals surface area contributed by atoms with E-state index in [9.17, 15) is 9.59 Å². The summed E-state index contributed by atoms with van der Waals surface area (Å²) in [5, 5.41) is 14.0. The van der Waals surface area contributed by atoms with Gasteiger partial charge in [0.25, 0.3) is 5.91 Å². The topological polar surface area (TPSA) is 99.0 Å². The predicted molar refractivity (Wildman–Crippen MR) is 104 cm³/mol. The van der Waals surface area contributed by atoms with Crippen molar-refractivity contribution in [1.82, 2.24) is 25.5 Å². The van der Waals surface area contributed by atoms with Gasteiger partial charge in [0.1, 0.15) is 6.33 Å². The van der Waals surface area contributed by atoms with Gasteiger partial charge in [0.05, 0.1) is 17.3 Å². The Kier molecular flexibility index (Phi) is 5.33. The van der Waals surface area contributed by atoms with Gasteiger partial charge in [-0.25, -0.2) is 9.48 Å². The number of aromatic nitrogens is 4. The lowest BCUT2D eigenvalue weighted by atomic mass is 9.87. The first kappa shape index (κ1) is 18.8. The highest BCUT2D eigenvalue weighted by molar-refractivity contribution is 5.92. The van der Waals surface area contributed by atoms with Crippen LogP contribution in [0, 0.1) is 0 Å². The largest absolute Gasteiger partial charge is 0.449 e. The Morgan fingerprint density at radius 3 is 2.90 bits per heavy atom. The molecule has 2 aromatic carbocycles. The Balaban J connectivity index is 1.41. The molecule has 1 heterocycles. The number of aryl methyl sites for hydroxylation is 1. The van der Waals surface area contributed by atoms with Gasteiger partial charge >= 0.3 is 5.97 Å². The summed E-state index contributed by atoms with van der Waals surface area (Å²) < 4.78 is 6.83. The Bertz CT molecular complexity index is 1020. The summed E-state index contributed by atoms with van der Waals surface area (Å²) in [6, 6.07) is 14.8. The second kappa shape index (κ2) is 8.22. The fourth-order valence-electron chi connectivity index (χ4n) is 3.53. The molecule has 4 rings (SSSR count). The third kappa shape index (κ3) is 4.16. The van der Waals surface area contributed by atoms with Gasteiger partial charge in [-0.3, -0.25) is 4.79 Å². The highest BCUT2D eigenvalue weighted by Crippen LogP contribution is 2.29. The molecule has 0 bridgehead atoms. The maximum Gasteiger partial charge on any atom is 0.338 e. The summed E-state index contributed by atoms with van der Waals surface area (Å²) in [5.74, 6) is -0.886. The van der Waals surface area contributed by atoms with Crippen molar-refractivity contribution in [2.24, 2.45) is 0 Å². The van der Waals surface area contributed by atoms with Crippen LogP contribution in [0.2, 0.25) is 0 Å². The normalized spacial score (nSPS) is 16.5. The zero-order valence-corrected chi connectivity index (χ0v) is 16.0. The van der Waals surface area contributed by atoms with Gasteiger partial charge in [0.15, 0.2) is 6.10 Å². The molecule has 1 aliphatic rings. The van der Waals surface area contributed by atoms with E-state index in [1.165, 1.54) is 16.6 Å². The molecule has 1 aliphatic carbocycles. The number of nitrogens with one attached hydrogen (secondary N) is 1. The smallest absolute Gasteiger partial charge is 0.338 e. The SMILES string of the molecule is C[C@@H](OC(=O)c1cccc(-n2cnnn2)c1)C(=O)N[C@@H]1CCCc2ccccc21. The van der Waals surface area contributed by atoms with E-state index in [4.69, 9.17) is 4.74 Å². The lowest BCUT2D eigenvalue weighted by Gasteiger charge is -2.27. The molecule has 1 aromatic heterocycles. The number of carbonyl (C=O) groups is 2. The molecule has 0 spiro atoms. The summed E-state index contributed by atoms with van der Waals surface area (Å²) in [6.45, 7) is 1.58. The van der Waals surface area contributed by atoms with Gasteiger partial charge in [-0.2, -0.15) is 0 Å². The summed E-state index contributed by atoms with van der Waals surface area (Å²) in [5.41, 5.74) is 3.34. The van der Waals surface area contributed by atoms with Crippen LogP contribution in [0.4, 0.5) is 0 Å². The van der Waals surface area contributed by atoms with Crippen molar-refractivity contribution in [2.45, 2.75) is 38.3 Å². The summed E-state index contributed by atoms with van der Waals surface area (Å²) in [4.78, 5) is 25.1. The molecule has 8 nitrogen and oxygen atoms in total. The average Bonchev–Trinajstić information content (AvgIpc) is 3.29. The third-order valence-corrected chi connectivity index (χ3v) is 5.03. The first-order valence-electron chi connectivity index (χ1n) is 9.54. The molecular weight excluding hydrogens is 370 g/mol. The van der Waals surface area contributed by atoms with Gasteiger partial charge < -0.3 is 10.1 Å². The van der Waals surface area contributed by atoms with Crippen LogP contribution in [0.25, 0.3) is 5.69 Å². The number of benzene rings is 2. The van der Waals surface area contributed by atoms with Crippen molar-refractivity contribution in [3.8, 4) is 5.69 Å². The zero-order valence-electron chi connectivity index (χ0n) is 16.0. The van der Waals surface area contributed by atoms with E-state index < -0.39 is 12.1 Å². The molecule has 0 saturated heterocycles. The minimum atomic E-state index is -0.909. The first-order valence-corrected chi connectivity index (χ1v) is 9.54. The van der Waals surface area contributed by atoms with E-state index in [-0.39, 0.29) is 11.9 Å². The first-order chi connectivity index (χ1) is 14.1. The third-order valence-electron chi connectivity index (χ3n) is 5.03. The number of amides is 1. The fourth-order valence-corrected chi connectivity index (χ4v) is 3.53. The number of hydrogen-bond donors (Lipinski definition) is 1. The van der Waals surface area contributed by atoms with E-state index in [1.54, 1.807) is 31.2 Å². The minimum absolute atomic E-state index is 0.0586. The average molecular weight is 391 g/mol. The number of ether oxygens (including phenoxy) is 1. The summed E-state index contributed by atoms with van der Waals surface area (Å²) in [7, 11) is 0. The molecule has 0 aliphatic heterocycles. The molecule has 148 valence electrons. The molecule has 1 amide bonds. The van der Waals surface area contributed by atoms with Gasteiger partial charge in [0.2, 0.25) is 0 Å². The fraction of sp³-hybridized carbons (Fsp3) is 0.286. The highest BCUT2D eigenvalue weighted by Gasteiger charge is 2.25. The Morgan fingerprint density at radius 2 is 2.07 bits per heavy atom. The lowest BCUT2D eigenvalue weighted by molar-refractivity contribution is -0.130. The van der Waals surface area contributed by atoms with Gasteiger partial charge in [-0.05, 0) is 65.9 Å². The monoisotopic (exact) mass is 391 g/mol. The Morgan fingerprint density at radius 1 is 1.21 bits per heavy atom. The predicted octanol–water partition coefficient (Wildman–Crippen LogP) is 2.40. The maximum absolute atomic E-state index is 12.6. The lowest BCUT2D eigenvalue weighted by Crippen LogP contribution is -2.39. The molecular formula is C21H21N5O3. The molecule has 0 radical (unpaired) electrons. The molecule has 2 atom stereocenters. The number of tetrazole rings is 1. The van der Waals surface area contributed by atoms with Crippen LogP contribution in [0.15, 0.2) is 54.9 Å². The quantitative estimate of drug-likeness (QED) is 0.671. The number of nitrogens with zero attached hydrogens (tertiary/aromatic N) is 4. The summed E-state index contributed by atoms with van der Waals surface area (Å²) in [6.07, 6.45) is 3.43. The molecule has 0 fully saturated rings. The van der Waals surface area contributed by atoms with Crippen molar-refractivity contribution in [3.05, 3.63) is 71.5 Å². The Labute approximate surface area is 167 Å². The molecule has 29 heavy (non-hydrogen) atoms. The van der Waals surface area contributed by atoms with Gasteiger partial charge in [0, 0.05) is 0 Å².